The van der Waals surface area contributed by atoms with Crippen molar-refractivity contribution < 1.29 is 30.0 Å². The summed E-state index contributed by atoms with van der Waals surface area (Å²) in [5, 5.41) is 7.72. The van der Waals surface area contributed by atoms with E-state index in [1.807, 2.05) is 30.3 Å². The van der Waals surface area contributed by atoms with Crippen LogP contribution in [0.15, 0.2) is 58.3 Å². The molecule has 2 rings (SSSR count). The number of rotatable bonds is 7. The van der Waals surface area contributed by atoms with Crippen molar-refractivity contribution in [1.29, 1.82) is 0 Å². The topological polar surface area (TPSA) is 106 Å². The van der Waals surface area contributed by atoms with Crippen molar-refractivity contribution >= 4 is 25.5 Å². The average molecular weight is 436 g/mol. The molecular weight excluding hydrogens is 417 g/mol. The number of hydrogen-bond acceptors (Lipinski definition) is 5. The number of alkyl halides is 3. The third-order valence-electron chi connectivity index (χ3n) is 4.05. The van der Waals surface area contributed by atoms with Gasteiger partial charge in [0.05, 0.1) is 10.6 Å². The lowest BCUT2D eigenvalue weighted by atomic mass is 10.0. The van der Waals surface area contributed by atoms with Crippen LogP contribution in [-0.4, -0.2) is 28.4 Å². The fraction of sp³-hybridized carbons (Fsp3) is 0.294. The highest BCUT2D eigenvalue weighted by atomic mass is 32.2. The van der Waals surface area contributed by atoms with Gasteiger partial charge in [-0.1, -0.05) is 37.3 Å². The van der Waals surface area contributed by atoms with Crippen LogP contribution in [0.25, 0.3) is 0 Å². The molecular formula is C17H19F3N2O4S2. The monoisotopic (exact) mass is 436 g/mol. The van der Waals surface area contributed by atoms with Crippen molar-refractivity contribution in [1.82, 2.24) is 0 Å². The predicted octanol–water partition coefficient (Wildman–Crippen LogP) is 3.06. The molecule has 1 unspecified atom stereocenters. The number of halogens is 3. The Morgan fingerprint density at radius 1 is 1.04 bits per heavy atom. The van der Waals surface area contributed by atoms with Crippen LogP contribution in [0, 0.1) is 0 Å². The van der Waals surface area contributed by atoms with Crippen LogP contribution in [0.1, 0.15) is 18.9 Å². The molecule has 3 N–H and O–H groups in total. The van der Waals surface area contributed by atoms with Gasteiger partial charge in [-0.25, -0.2) is 22.0 Å². The van der Waals surface area contributed by atoms with Crippen LogP contribution in [0.2, 0.25) is 0 Å². The van der Waals surface area contributed by atoms with Gasteiger partial charge in [-0.3, -0.25) is 0 Å². The van der Waals surface area contributed by atoms with E-state index in [0.29, 0.717) is 18.9 Å². The minimum Gasteiger partial charge on any atom is -0.381 e. The molecule has 0 fully saturated rings. The third kappa shape index (κ3) is 5.03. The highest BCUT2D eigenvalue weighted by Gasteiger charge is 2.48. The van der Waals surface area contributed by atoms with E-state index in [2.05, 4.69) is 5.32 Å². The Morgan fingerprint density at radius 2 is 1.64 bits per heavy atom. The summed E-state index contributed by atoms with van der Waals surface area (Å²) >= 11 is 0. The second-order valence-corrected chi connectivity index (χ2v) is 9.56. The van der Waals surface area contributed by atoms with Crippen LogP contribution in [0.4, 0.5) is 18.9 Å². The summed E-state index contributed by atoms with van der Waals surface area (Å²) in [6, 6.07) is 11.1. The number of anilines is 1. The number of nitrogens with one attached hydrogen (secondary N) is 1. The van der Waals surface area contributed by atoms with Crippen LogP contribution in [-0.2, 0) is 26.3 Å². The highest BCUT2D eigenvalue weighted by molar-refractivity contribution is 7.92. The molecule has 0 heterocycles. The maximum atomic E-state index is 13.1. The number of hydrogen-bond donors (Lipinski definition) is 2. The Bertz CT molecular complexity index is 1040. The molecule has 6 nitrogen and oxygen atoms in total. The predicted molar refractivity (Wildman–Crippen MR) is 98.9 cm³/mol. The summed E-state index contributed by atoms with van der Waals surface area (Å²) in [7, 11) is -10.2. The fourth-order valence-corrected chi connectivity index (χ4v) is 4.12. The molecule has 2 aromatic rings. The normalized spacial score (nSPS) is 13.9. The van der Waals surface area contributed by atoms with E-state index in [4.69, 9.17) is 5.14 Å². The molecule has 0 aromatic heterocycles. The van der Waals surface area contributed by atoms with Crippen LogP contribution in [0.3, 0.4) is 0 Å². The number of nitrogens with two attached hydrogens (primary N) is 1. The van der Waals surface area contributed by atoms with Gasteiger partial charge in [-0.05, 0) is 36.6 Å². The van der Waals surface area contributed by atoms with Crippen molar-refractivity contribution in [2.24, 2.45) is 5.14 Å². The smallest absolute Gasteiger partial charge is 0.381 e. The number of primary sulfonamides is 1. The Balaban J connectivity index is 2.50. The first-order valence-electron chi connectivity index (χ1n) is 8.15. The van der Waals surface area contributed by atoms with E-state index in [1.54, 1.807) is 6.92 Å². The minimum absolute atomic E-state index is 0.340. The Morgan fingerprint density at radius 3 is 2.14 bits per heavy atom. The molecule has 0 amide bonds. The van der Waals surface area contributed by atoms with Gasteiger partial charge < -0.3 is 5.32 Å². The SMILES string of the molecule is CCC(Cc1ccccc1)Nc1ccc(S(N)(=O)=O)cc1S(=O)(=O)C(F)(F)F. The summed E-state index contributed by atoms with van der Waals surface area (Å²) in [6.07, 6.45) is 0.914. The van der Waals surface area contributed by atoms with Crippen LogP contribution >= 0.6 is 0 Å². The molecule has 154 valence electrons. The zero-order valence-electron chi connectivity index (χ0n) is 14.8. The summed E-state index contributed by atoms with van der Waals surface area (Å²) in [4.78, 5) is -1.91. The molecule has 0 spiro atoms. The van der Waals surface area contributed by atoms with Gasteiger partial charge in [0.2, 0.25) is 10.0 Å². The first kappa shape index (κ1) is 22.2. The van der Waals surface area contributed by atoms with E-state index >= 15 is 0 Å². The maximum Gasteiger partial charge on any atom is 0.501 e. The van der Waals surface area contributed by atoms with Gasteiger partial charge in [0.25, 0.3) is 9.84 Å². The molecule has 0 aliphatic rings. The van der Waals surface area contributed by atoms with Crippen molar-refractivity contribution in [2.75, 3.05) is 5.32 Å². The summed E-state index contributed by atoms with van der Waals surface area (Å²) < 4.78 is 86.2. The van der Waals surface area contributed by atoms with Crippen molar-refractivity contribution in [3.8, 4) is 0 Å². The van der Waals surface area contributed by atoms with Gasteiger partial charge >= 0.3 is 5.51 Å². The molecule has 0 radical (unpaired) electrons. The Kier molecular flexibility index (Phi) is 6.41. The lowest BCUT2D eigenvalue weighted by Gasteiger charge is -2.21. The molecule has 1 atom stereocenters. The molecule has 0 saturated carbocycles. The van der Waals surface area contributed by atoms with E-state index < -0.39 is 35.2 Å². The van der Waals surface area contributed by atoms with E-state index in [1.165, 1.54) is 0 Å². The first-order chi connectivity index (χ1) is 12.9. The standard InChI is InChI=1S/C17H19F3N2O4S2/c1-2-13(10-12-6-4-3-5-7-12)22-15-9-8-14(28(21,25)26)11-16(15)27(23,24)17(18,19)20/h3-9,11,13,22H,2,10H2,1H3,(H2,21,25,26). The lowest BCUT2D eigenvalue weighted by molar-refractivity contribution is -0.0435. The van der Waals surface area contributed by atoms with E-state index in [0.717, 1.165) is 17.7 Å². The second-order valence-electron chi connectivity index (χ2n) is 6.09. The summed E-state index contributed by atoms with van der Waals surface area (Å²) in [5.74, 6) is 0. The molecule has 28 heavy (non-hydrogen) atoms. The Hall–Kier alpha value is -2.11. The zero-order valence-corrected chi connectivity index (χ0v) is 16.4. The molecule has 11 heteroatoms. The molecule has 0 saturated heterocycles. The van der Waals surface area contributed by atoms with Crippen LogP contribution < -0.4 is 10.5 Å². The third-order valence-corrected chi connectivity index (χ3v) is 6.49. The molecule has 0 bridgehead atoms. The maximum absolute atomic E-state index is 13.1. The fourth-order valence-electron chi connectivity index (χ4n) is 2.56. The second kappa shape index (κ2) is 8.10. The number of benzene rings is 2. The van der Waals surface area contributed by atoms with Gasteiger partial charge in [0.1, 0.15) is 4.90 Å². The molecule has 2 aromatic carbocycles. The Labute approximate surface area is 161 Å². The van der Waals surface area contributed by atoms with E-state index in [-0.39, 0.29) is 11.7 Å². The summed E-state index contributed by atoms with van der Waals surface area (Å²) in [5.41, 5.74) is -5.03. The zero-order chi connectivity index (χ0) is 21.2. The number of sulfone groups is 1. The largest absolute Gasteiger partial charge is 0.501 e. The van der Waals surface area contributed by atoms with Crippen molar-refractivity contribution in [2.45, 2.75) is 41.1 Å². The van der Waals surface area contributed by atoms with Crippen molar-refractivity contribution in [3.63, 3.8) is 0 Å². The molecule has 0 aliphatic heterocycles. The lowest BCUT2D eigenvalue weighted by Crippen LogP contribution is -2.27. The van der Waals surface area contributed by atoms with Crippen LogP contribution in [0.5, 0.6) is 0 Å². The summed E-state index contributed by atoms with van der Waals surface area (Å²) in [6.45, 7) is 1.79. The van der Waals surface area contributed by atoms with E-state index in [9.17, 15) is 30.0 Å². The van der Waals surface area contributed by atoms with Gasteiger partial charge in [-0.15, -0.1) is 0 Å². The highest BCUT2D eigenvalue weighted by Crippen LogP contribution is 2.36. The minimum atomic E-state index is -5.80. The number of sulfonamides is 1. The van der Waals surface area contributed by atoms with Crippen molar-refractivity contribution in [3.05, 3.63) is 54.1 Å². The molecule has 0 aliphatic carbocycles. The van der Waals surface area contributed by atoms with Gasteiger partial charge in [-0.2, -0.15) is 13.2 Å². The first-order valence-corrected chi connectivity index (χ1v) is 11.2. The average Bonchev–Trinajstić information content (AvgIpc) is 2.60. The van der Waals surface area contributed by atoms with Gasteiger partial charge in [0.15, 0.2) is 0 Å². The quantitative estimate of drug-likeness (QED) is 0.694. The van der Waals surface area contributed by atoms with Gasteiger partial charge in [0, 0.05) is 6.04 Å².